The second kappa shape index (κ2) is 7.84. The molecule has 32 heavy (non-hydrogen) atoms. The first-order chi connectivity index (χ1) is 15.0. The number of fused-ring (bicyclic) bond motifs is 1. The number of halogens is 6. The maximum atomic E-state index is 14.7. The molecule has 0 saturated heterocycles. The van der Waals surface area contributed by atoms with E-state index in [0.717, 1.165) is 6.07 Å². The third kappa shape index (κ3) is 4.19. The summed E-state index contributed by atoms with van der Waals surface area (Å²) < 4.78 is 73.6. The lowest BCUT2D eigenvalue weighted by molar-refractivity contribution is -0.208. The molecule has 4 rings (SSSR count). The van der Waals surface area contributed by atoms with E-state index in [2.05, 4.69) is 19.7 Å². The molecular weight excluding hydrogens is 455 g/mol. The number of nitrogens with two attached hydrogens (primary N) is 1. The Morgan fingerprint density at radius 2 is 1.97 bits per heavy atom. The van der Waals surface area contributed by atoms with Crippen LogP contribution in [-0.4, -0.2) is 28.3 Å². The smallest absolute Gasteiger partial charge is 0.425 e. The SMILES string of the molecule is C[C@@]1(c2cc(Cc3nccc4cc(Cl)cnc34)cc(F)c2F)C[C@@H](C(F)(F)F)OC(N)=N1. The lowest BCUT2D eigenvalue weighted by atomic mass is 9.84. The summed E-state index contributed by atoms with van der Waals surface area (Å²) in [5.74, 6) is -2.52. The number of hydrogen-bond donors (Lipinski definition) is 1. The van der Waals surface area contributed by atoms with E-state index in [1.165, 1.54) is 25.4 Å². The Labute approximate surface area is 184 Å². The number of aromatic nitrogens is 2. The van der Waals surface area contributed by atoms with Crippen molar-refractivity contribution in [1.82, 2.24) is 9.97 Å². The summed E-state index contributed by atoms with van der Waals surface area (Å²) in [5.41, 5.74) is 4.55. The highest BCUT2D eigenvalue weighted by Gasteiger charge is 2.50. The fraction of sp³-hybridized carbons (Fsp3) is 0.286. The number of ether oxygens (including phenoxy) is 1. The van der Waals surface area contributed by atoms with Gasteiger partial charge in [0, 0.05) is 36.2 Å². The van der Waals surface area contributed by atoms with Crippen molar-refractivity contribution < 1.29 is 26.7 Å². The fourth-order valence-electron chi connectivity index (χ4n) is 3.77. The van der Waals surface area contributed by atoms with E-state index < -0.39 is 41.9 Å². The number of nitrogens with zero attached hydrogens (tertiary/aromatic N) is 3. The molecule has 0 radical (unpaired) electrons. The topological polar surface area (TPSA) is 73.4 Å². The molecule has 0 unspecified atom stereocenters. The van der Waals surface area contributed by atoms with E-state index in [4.69, 9.17) is 17.3 Å². The van der Waals surface area contributed by atoms with Gasteiger partial charge in [0.25, 0.3) is 6.02 Å². The van der Waals surface area contributed by atoms with E-state index in [9.17, 15) is 22.0 Å². The number of alkyl halides is 3. The molecule has 5 nitrogen and oxygen atoms in total. The second-order valence-electron chi connectivity index (χ2n) is 7.67. The summed E-state index contributed by atoms with van der Waals surface area (Å²) >= 11 is 5.96. The highest BCUT2D eigenvalue weighted by atomic mass is 35.5. The van der Waals surface area contributed by atoms with Crippen LogP contribution in [0.2, 0.25) is 5.02 Å². The van der Waals surface area contributed by atoms with Crippen LogP contribution in [0.25, 0.3) is 10.9 Å². The third-order valence-electron chi connectivity index (χ3n) is 5.25. The maximum absolute atomic E-state index is 14.7. The van der Waals surface area contributed by atoms with Crippen molar-refractivity contribution in [2.24, 2.45) is 10.7 Å². The molecular formula is C21H16ClF5N4O. The monoisotopic (exact) mass is 470 g/mol. The minimum Gasteiger partial charge on any atom is -0.452 e. The van der Waals surface area contributed by atoms with Crippen molar-refractivity contribution in [3.8, 4) is 0 Å². The number of amidine groups is 1. The van der Waals surface area contributed by atoms with E-state index in [1.807, 2.05) is 0 Å². The van der Waals surface area contributed by atoms with Crippen LogP contribution in [0.4, 0.5) is 22.0 Å². The number of aliphatic imine (C=N–C) groups is 1. The van der Waals surface area contributed by atoms with Crippen LogP contribution in [0.5, 0.6) is 0 Å². The normalized spacial score (nSPS) is 21.3. The molecule has 2 N–H and O–H groups in total. The third-order valence-corrected chi connectivity index (χ3v) is 5.46. The van der Waals surface area contributed by atoms with Gasteiger partial charge in [0.15, 0.2) is 17.7 Å². The zero-order valence-electron chi connectivity index (χ0n) is 16.6. The molecule has 2 aromatic heterocycles. The predicted octanol–water partition coefficient (Wildman–Crippen LogP) is 5.03. The predicted molar refractivity (Wildman–Crippen MR) is 108 cm³/mol. The van der Waals surface area contributed by atoms with Crippen molar-refractivity contribution >= 4 is 28.5 Å². The molecule has 1 aliphatic rings. The van der Waals surface area contributed by atoms with Gasteiger partial charge in [-0.1, -0.05) is 11.6 Å². The van der Waals surface area contributed by atoms with E-state index in [0.29, 0.717) is 21.6 Å². The second-order valence-corrected chi connectivity index (χ2v) is 8.11. The molecule has 168 valence electrons. The summed E-state index contributed by atoms with van der Waals surface area (Å²) in [4.78, 5) is 12.4. The van der Waals surface area contributed by atoms with E-state index >= 15 is 0 Å². The van der Waals surface area contributed by atoms with Gasteiger partial charge in [-0.25, -0.2) is 13.8 Å². The minimum absolute atomic E-state index is 0.0463. The Hall–Kier alpha value is -3.01. The average molecular weight is 471 g/mol. The highest BCUT2D eigenvalue weighted by molar-refractivity contribution is 6.31. The molecule has 0 saturated carbocycles. The van der Waals surface area contributed by atoms with Crippen molar-refractivity contribution in [2.75, 3.05) is 0 Å². The van der Waals surface area contributed by atoms with Crippen LogP contribution < -0.4 is 5.73 Å². The van der Waals surface area contributed by atoms with Gasteiger partial charge in [-0.05, 0) is 36.8 Å². The number of benzene rings is 1. The Kier molecular flexibility index (Phi) is 5.44. The molecule has 0 amide bonds. The number of hydrogen-bond acceptors (Lipinski definition) is 5. The quantitative estimate of drug-likeness (QED) is 0.545. The summed E-state index contributed by atoms with van der Waals surface area (Å²) in [6.45, 7) is 1.25. The Morgan fingerprint density at radius 3 is 2.69 bits per heavy atom. The van der Waals surface area contributed by atoms with Crippen LogP contribution in [0.1, 0.15) is 30.2 Å². The molecule has 0 spiro atoms. The Bertz CT molecular complexity index is 1230. The first kappa shape index (κ1) is 22.2. The summed E-state index contributed by atoms with van der Waals surface area (Å²) in [6.07, 6.45) is -4.81. The van der Waals surface area contributed by atoms with Crippen molar-refractivity contribution in [2.45, 2.75) is 37.6 Å². The number of rotatable bonds is 3. The Morgan fingerprint density at radius 1 is 1.22 bits per heavy atom. The molecule has 0 aliphatic carbocycles. The molecule has 3 heterocycles. The van der Waals surface area contributed by atoms with Crippen LogP contribution in [0, 0.1) is 11.6 Å². The van der Waals surface area contributed by atoms with Crippen LogP contribution >= 0.6 is 11.6 Å². The van der Waals surface area contributed by atoms with Crippen molar-refractivity contribution in [3.05, 3.63) is 70.1 Å². The zero-order chi connectivity index (χ0) is 23.3. The highest BCUT2D eigenvalue weighted by Crippen LogP contribution is 2.41. The van der Waals surface area contributed by atoms with Gasteiger partial charge in [-0.3, -0.25) is 9.97 Å². The van der Waals surface area contributed by atoms with Crippen molar-refractivity contribution in [3.63, 3.8) is 0 Å². The first-order valence-corrected chi connectivity index (χ1v) is 9.80. The maximum Gasteiger partial charge on any atom is 0.425 e. The molecule has 2 atom stereocenters. The van der Waals surface area contributed by atoms with Gasteiger partial charge in [-0.2, -0.15) is 13.2 Å². The molecule has 1 aromatic carbocycles. The molecule has 1 aliphatic heterocycles. The summed E-state index contributed by atoms with van der Waals surface area (Å²) in [7, 11) is 0. The van der Waals surface area contributed by atoms with Gasteiger partial charge in [0.2, 0.25) is 0 Å². The summed E-state index contributed by atoms with van der Waals surface area (Å²) in [5, 5.41) is 1.12. The zero-order valence-corrected chi connectivity index (χ0v) is 17.3. The molecule has 0 bridgehead atoms. The van der Waals surface area contributed by atoms with Gasteiger partial charge < -0.3 is 10.5 Å². The van der Waals surface area contributed by atoms with E-state index in [1.54, 1.807) is 12.1 Å². The van der Waals surface area contributed by atoms with Gasteiger partial charge in [0.05, 0.1) is 21.8 Å². The lowest BCUT2D eigenvalue weighted by Crippen LogP contribution is -2.46. The lowest BCUT2D eigenvalue weighted by Gasteiger charge is -2.36. The number of pyridine rings is 2. The van der Waals surface area contributed by atoms with Gasteiger partial charge >= 0.3 is 6.18 Å². The Balaban J connectivity index is 1.77. The first-order valence-electron chi connectivity index (χ1n) is 9.42. The average Bonchev–Trinajstić information content (AvgIpc) is 2.69. The standard InChI is InChI=1S/C21H16ClF5N4O/c1-20(8-16(21(25,26)27)32-19(28)31-20)13-4-10(5-14(23)17(13)24)6-15-18-11(2-3-29-15)7-12(22)9-30-18/h2-5,7,9,16H,6,8H2,1H3,(H2,28,31)/t16-,20-/m0/s1. The minimum atomic E-state index is -4.76. The van der Waals surface area contributed by atoms with E-state index in [-0.39, 0.29) is 17.5 Å². The largest absolute Gasteiger partial charge is 0.452 e. The van der Waals surface area contributed by atoms with Crippen LogP contribution in [0.3, 0.4) is 0 Å². The molecule has 0 fully saturated rings. The van der Waals surface area contributed by atoms with Crippen LogP contribution in [-0.2, 0) is 16.7 Å². The van der Waals surface area contributed by atoms with Gasteiger partial charge in [0.1, 0.15) is 0 Å². The fourth-order valence-corrected chi connectivity index (χ4v) is 3.94. The molecule has 11 heteroatoms. The van der Waals surface area contributed by atoms with Crippen LogP contribution in [0.15, 0.2) is 41.7 Å². The van der Waals surface area contributed by atoms with Crippen molar-refractivity contribution in [1.29, 1.82) is 0 Å². The van der Waals surface area contributed by atoms with Gasteiger partial charge in [-0.15, -0.1) is 0 Å². The molecule has 3 aromatic rings. The summed E-state index contributed by atoms with van der Waals surface area (Å²) in [6, 6.07) is 4.87.